The van der Waals surface area contributed by atoms with E-state index in [1.807, 2.05) is 43.3 Å². The first-order chi connectivity index (χ1) is 20.1. The average Bonchev–Trinajstić information content (AvgIpc) is 3.32. The molecule has 3 N–H and O–H groups in total. The number of H-pyrrole nitrogens is 1. The zero-order valence-corrected chi connectivity index (χ0v) is 23.0. The predicted octanol–water partition coefficient (Wildman–Crippen LogP) is 4.57. The van der Waals surface area contributed by atoms with Crippen LogP contribution in [-0.2, 0) is 0 Å². The number of aromatic carboxylic acids is 2. The van der Waals surface area contributed by atoms with Crippen molar-refractivity contribution < 1.29 is 19.8 Å². The van der Waals surface area contributed by atoms with Crippen LogP contribution in [-0.4, -0.2) is 50.6 Å². The summed E-state index contributed by atoms with van der Waals surface area (Å²) in [5.74, 6) is -2.21. The molecule has 2 aromatic heterocycles. The summed E-state index contributed by atoms with van der Waals surface area (Å²) in [4.78, 5) is 52.3. The Morgan fingerprint density at radius 1 is 0.786 bits per heavy atom. The molecule has 0 atom stereocenters. The first-order valence-electron chi connectivity index (χ1n) is 12.8. The van der Waals surface area contributed by atoms with E-state index in [4.69, 9.17) is 0 Å². The number of carboxylic acid groups (broad SMARTS) is 2. The smallest absolute Gasteiger partial charge is 0.335 e. The number of benzene rings is 3. The number of hydrogen-bond acceptors (Lipinski definition) is 5. The molecule has 0 aliphatic carbocycles. The second-order valence-corrected chi connectivity index (χ2v) is 9.80. The number of nitrogens with zero attached hydrogens (tertiary/aromatic N) is 3. The van der Waals surface area contributed by atoms with Crippen LogP contribution < -0.4 is 16.0 Å². The van der Waals surface area contributed by atoms with Gasteiger partial charge in [0.15, 0.2) is 0 Å². The maximum atomic E-state index is 13.9. The summed E-state index contributed by atoms with van der Waals surface area (Å²) in [6, 6.07) is 19.3. The summed E-state index contributed by atoms with van der Waals surface area (Å²) in [6.45, 7) is 1.67. The first kappa shape index (κ1) is 27.7. The van der Waals surface area contributed by atoms with Crippen LogP contribution in [0.2, 0.25) is 0 Å². The molecular formula is C32H26N4O6. The fraction of sp³-hybridized carbons (Fsp3) is 0.0938. The van der Waals surface area contributed by atoms with Gasteiger partial charge in [0.25, 0.3) is 11.1 Å². The van der Waals surface area contributed by atoms with Gasteiger partial charge in [-0.15, -0.1) is 5.73 Å². The van der Waals surface area contributed by atoms with E-state index in [-0.39, 0.29) is 27.7 Å². The highest BCUT2D eigenvalue weighted by Gasteiger charge is 2.21. The molecule has 0 fully saturated rings. The summed E-state index contributed by atoms with van der Waals surface area (Å²) in [7, 11) is 3.90. The van der Waals surface area contributed by atoms with E-state index in [0.717, 1.165) is 11.3 Å². The van der Waals surface area contributed by atoms with E-state index in [0.29, 0.717) is 16.9 Å². The maximum Gasteiger partial charge on any atom is 0.335 e. The van der Waals surface area contributed by atoms with Gasteiger partial charge in [0.2, 0.25) is 0 Å². The molecule has 0 saturated heterocycles. The second-order valence-electron chi connectivity index (χ2n) is 9.80. The lowest BCUT2D eigenvalue weighted by Gasteiger charge is -2.11. The molecule has 210 valence electrons. The van der Waals surface area contributed by atoms with Gasteiger partial charge in [-0.2, -0.15) is 0 Å². The lowest BCUT2D eigenvalue weighted by atomic mass is 10.1. The number of rotatable bonds is 7. The molecule has 42 heavy (non-hydrogen) atoms. The van der Waals surface area contributed by atoms with Crippen LogP contribution in [0.1, 0.15) is 37.4 Å². The van der Waals surface area contributed by atoms with Gasteiger partial charge in [0.1, 0.15) is 5.65 Å². The lowest BCUT2D eigenvalue weighted by Crippen LogP contribution is -2.23. The Kier molecular flexibility index (Phi) is 7.23. The standard InChI is InChI=1S/C32H26N4O6/c1-19-26(6-4-5-20-7-13-23(14-8-20)34(2)3)29(37)35(24-15-9-21(10-16-24)31(39)40)28-27(19)30(38)36(33-28)25-17-11-22(12-18-25)32(41)42/h5-18,33H,1-3H3,(H,39,40)(H,41,42). The first-order valence-corrected chi connectivity index (χ1v) is 12.8. The Morgan fingerprint density at radius 3 is 1.86 bits per heavy atom. The molecule has 0 spiro atoms. The second kappa shape index (κ2) is 11.0. The van der Waals surface area contributed by atoms with Gasteiger partial charge < -0.3 is 15.1 Å². The van der Waals surface area contributed by atoms with Crippen molar-refractivity contribution in [3.63, 3.8) is 0 Å². The monoisotopic (exact) mass is 562 g/mol. The van der Waals surface area contributed by atoms with Crippen LogP contribution in [0.4, 0.5) is 5.69 Å². The molecule has 2 heterocycles. The fourth-order valence-electron chi connectivity index (χ4n) is 4.64. The molecule has 0 aliphatic heterocycles. The topological polar surface area (TPSA) is 138 Å². The van der Waals surface area contributed by atoms with Gasteiger partial charge in [0, 0.05) is 19.8 Å². The van der Waals surface area contributed by atoms with Gasteiger partial charge in [-0.25, -0.2) is 14.3 Å². The van der Waals surface area contributed by atoms with Crippen molar-refractivity contribution >= 4 is 40.8 Å². The number of aromatic nitrogens is 3. The fourth-order valence-corrected chi connectivity index (χ4v) is 4.64. The summed E-state index contributed by atoms with van der Waals surface area (Å²) in [5, 5.41) is 21.8. The third-order valence-corrected chi connectivity index (χ3v) is 6.94. The number of aryl methyl sites for hydroxylation is 1. The maximum absolute atomic E-state index is 13.9. The van der Waals surface area contributed by atoms with E-state index in [9.17, 15) is 29.4 Å². The molecule has 10 heteroatoms. The number of carbonyl (C=O) groups is 2. The molecule has 5 rings (SSSR count). The molecule has 0 radical (unpaired) electrons. The van der Waals surface area contributed by atoms with Crippen LogP contribution in [0.5, 0.6) is 0 Å². The summed E-state index contributed by atoms with van der Waals surface area (Å²) >= 11 is 0. The zero-order valence-electron chi connectivity index (χ0n) is 23.0. The molecule has 0 aliphatic rings. The van der Waals surface area contributed by atoms with Crippen molar-refractivity contribution in [2.24, 2.45) is 0 Å². The Bertz CT molecular complexity index is 2020. The summed E-state index contributed by atoms with van der Waals surface area (Å²) in [6.07, 6.45) is 3.26. The van der Waals surface area contributed by atoms with Crippen LogP contribution in [0.3, 0.4) is 0 Å². The quantitative estimate of drug-likeness (QED) is 0.247. The minimum Gasteiger partial charge on any atom is -0.478 e. The molecule has 0 bridgehead atoms. The number of anilines is 1. The highest BCUT2D eigenvalue weighted by Crippen LogP contribution is 2.22. The number of aromatic amines is 1. The molecule has 3 aromatic carbocycles. The van der Waals surface area contributed by atoms with Crippen LogP contribution in [0.25, 0.3) is 34.6 Å². The summed E-state index contributed by atoms with van der Waals surface area (Å²) in [5.41, 5.74) is 5.77. The molecule has 0 saturated carbocycles. The number of hydrogen-bond donors (Lipinski definition) is 3. The third kappa shape index (κ3) is 5.05. The lowest BCUT2D eigenvalue weighted by molar-refractivity contribution is 0.0686. The molecule has 0 unspecified atom stereocenters. The zero-order chi connectivity index (χ0) is 30.1. The van der Waals surface area contributed by atoms with Gasteiger partial charge in [0.05, 0.1) is 33.5 Å². The summed E-state index contributed by atoms with van der Waals surface area (Å²) < 4.78 is 2.55. The number of carboxylic acids is 2. The average molecular weight is 563 g/mol. The van der Waals surface area contributed by atoms with Crippen molar-refractivity contribution in [3.8, 4) is 11.4 Å². The van der Waals surface area contributed by atoms with Crippen LogP contribution in [0.15, 0.2) is 88.1 Å². The molecule has 5 aromatic rings. The Hall–Kier alpha value is -5.86. The van der Waals surface area contributed by atoms with Crippen molar-refractivity contribution in [2.75, 3.05) is 19.0 Å². The van der Waals surface area contributed by atoms with Crippen molar-refractivity contribution in [2.45, 2.75) is 6.92 Å². The predicted molar refractivity (Wildman–Crippen MR) is 161 cm³/mol. The van der Waals surface area contributed by atoms with E-state index < -0.39 is 23.1 Å². The van der Waals surface area contributed by atoms with Crippen LogP contribution >= 0.6 is 0 Å². The van der Waals surface area contributed by atoms with Crippen molar-refractivity contribution in [3.05, 3.63) is 127 Å². The molecule has 10 nitrogen and oxygen atoms in total. The minimum absolute atomic E-state index is 0.0445. The molecule has 0 amide bonds. The third-order valence-electron chi connectivity index (χ3n) is 6.94. The van der Waals surface area contributed by atoms with Gasteiger partial charge in [-0.1, -0.05) is 12.1 Å². The van der Waals surface area contributed by atoms with E-state index in [1.54, 1.807) is 13.0 Å². The Morgan fingerprint density at radius 2 is 1.33 bits per heavy atom. The number of fused-ring (bicyclic) bond motifs is 1. The van der Waals surface area contributed by atoms with Gasteiger partial charge in [-0.3, -0.25) is 19.3 Å². The normalized spacial score (nSPS) is 10.7. The number of pyridine rings is 1. The van der Waals surface area contributed by atoms with Gasteiger partial charge >= 0.3 is 11.9 Å². The van der Waals surface area contributed by atoms with E-state index in [1.165, 1.54) is 63.9 Å². The minimum atomic E-state index is -1.11. The highest BCUT2D eigenvalue weighted by atomic mass is 16.4. The van der Waals surface area contributed by atoms with E-state index in [2.05, 4.69) is 10.8 Å². The Balaban J connectivity index is 1.73. The largest absolute Gasteiger partial charge is 0.478 e. The van der Waals surface area contributed by atoms with Crippen LogP contribution in [0, 0.1) is 6.92 Å². The van der Waals surface area contributed by atoms with Crippen molar-refractivity contribution in [1.82, 2.24) is 14.3 Å². The highest BCUT2D eigenvalue weighted by molar-refractivity contribution is 5.89. The van der Waals surface area contributed by atoms with Crippen molar-refractivity contribution in [1.29, 1.82) is 0 Å². The number of nitrogens with one attached hydrogen (secondary N) is 1. The molecular weight excluding hydrogens is 536 g/mol. The Labute approximate surface area is 239 Å². The van der Waals surface area contributed by atoms with Gasteiger partial charge in [-0.05, 0) is 90.9 Å². The SMILES string of the molecule is Cc1c(C=C=Cc2ccc(N(C)C)cc2)c(=O)n(-c2ccc(C(=O)O)cc2)c2[nH]n(-c3ccc(C(=O)O)cc3)c(=O)c12. The van der Waals surface area contributed by atoms with E-state index >= 15 is 0 Å².